The quantitative estimate of drug-likeness (QED) is 0.702. The first-order valence-electron chi connectivity index (χ1n) is 3.94. The molecule has 0 amide bonds. The molecular formula is C10H11NO2. The van der Waals surface area contributed by atoms with Crippen molar-refractivity contribution in [1.82, 2.24) is 4.98 Å². The molecule has 0 aliphatic rings. The first-order valence-corrected chi connectivity index (χ1v) is 3.94. The minimum atomic E-state index is -0.909. The molecule has 0 fully saturated rings. The molecule has 0 bridgehead atoms. The second kappa shape index (κ2) is 3.85. The third kappa shape index (κ3) is 2.15. The second-order valence-electron chi connectivity index (χ2n) is 2.92. The van der Waals surface area contributed by atoms with E-state index in [0.717, 1.165) is 5.57 Å². The first kappa shape index (κ1) is 9.45. The Morgan fingerprint density at radius 1 is 1.46 bits per heavy atom. The van der Waals surface area contributed by atoms with Crippen molar-refractivity contribution in [2.75, 3.05) is 0 Å². The zero-order valence-electron chi connectivity index (χ0n) is 7.61. The minimum absolute atomic E-state index is 0.327. The average Bonchev–Trinajstić information content (AvgIpc) is 2.04. The van der Waals surface area contributed by atoms with Gasteiger partial charge in [0, 0.05) is 18.0 Å². The molecule has 0 aliphatic carbocycles. The summed E-state index contributed by atoms with van der Waals surface area (Å²) in [5.41, 5.74) is 1.75. The second-order valence-corrected chi connectivity index (χ2v) is 2.92. The van der Waals surface area contributed by atoms with Gasteiger partial charge in [-0.05, 0) is 19.9 Å². The third-order valence-corrected chi connectivity index (χ3v) is 1.66. The summed E-state index contributed by atoms with van der Waals surface area (Å²) in [4.78, 5) is 14.7. The highest BCUT2D eigenvalue weighted by Crippen LogP contribution is 2.17. The van der Waals surface area contributed by atoms with Crippen molar-refractivity contribution in [2.45, 2.75) is 13.8 Å². The fraction of sp³-hybridized carbons (Fsp3) is 0.200. The summed E-state index contributed by atoms with van der Waals surface area (Å²) in [6.45, 7) is 3.55. The molecule has 13 heavy (non-hydrogen) atoms. The highest BCUT2D eigenvalue weighted by molar-refractivity contribution is 6.16. The van der Waals surface area contributed by atoms with E-state index in [1.54, 1.807) is 38.4 Å². The smallest absolute Gasteiger partial charge is 0.336 e. The van der Waals surface area contributed by atoms with Gasteiger partial charge in [-0.25, -0.2) is 4.79 Å². The SMILES string of the molecule is CC(C)=C(C(=O)O)c1cccnc1. The number of carboxylic acid groups (broad SMARTS) is 1. The van der Waals surface area contributed by atoms with E-state index < -0.39 is 5.97 Å². The number of pyridine rings is 1. The van der Waals surface area contributed by atoms with Gasteiger partial charge >= 0.3 is 5.97 Å². The number of rotatable bonds is 2. The molecule has 1 aromatic heterocycles. The Morgan fingerprint density at radius 3 is 2.54 bits per heavy atom. The van der Waals surface area contributed by atoms with Gasteiger partial charge in [0.2, 0.25) is 0 Å². The van der Waals surface area contributed by atoms with Gasteiger partial charge in [-0.15, -0.1) is 0 Å². The molecule has 1 rings (SSSR count). The van der Waals surface area contributed by atoms with Gasteiger partial charge in [0.1, 0.15) is 0 Å². The Kier molecular flexibility index (Phi) is 2.80. The van der Waals surface area contributed by atoms with E-state index in [2.05, 4.69) is 4.98 Å². The predicted molar refractivity (Wildman–Crippen MR) is 50.1 cm³/mol. The predicted octanol–water partition coefficient (Wildman–Crippen LogP) is 1.96. The summed E-state index contributed by atoms with van der Waals surface area (Å²) < 4.78 is 0. The molecular weight excluding hydrogens is 166 g/mol. The summed E-state index contributed by atoms with van der Waals surface area (Å²) in [5.74, 6) is -0.909. The van der Waals surface area contributed by atoms with Crippen molar-refractivity contribution >= 4 is 11.5 Å². The molecule has 0 saturated carbocycles. The van der Waals surface area contributed by atoms with Crippen LogP contribution in [0.25, 0.3) is 5.57 Å². The number of carbonyl (C=O) groups is 1. The van der Waals surface area contributed by atoms with E-state index >= 15 is 0 Å². The molecule has 0 spiro atoms. The number of aromatic nitrogens is 1. The summed E-state index contributed by atoms with van der Waals surface area (Å²) in [6, 6.07) is 3.46. The molecule has 0 saturated heterocycles. The van der Waals surface area contributed by atoms with Crippen LogP contribution in [0.4, 0.5) is 0 Å². The average molecular weight is 177 g/mol. The maximum absolute atomic E-state index is 10.9. The number of allylic oxidation sites excluding steroid dienone is 1. The highest BCUT2D eigenvalue weighted by Gasteiger charge is 2.11. The standard InChI is InChI=1S/C10H11NO2/c1-7(2)9(10(12)13)8-4-3-5-11-6-8/h3-6H,1-2H3,(H,12,13). The molecule has 3 heteroatoms. The van der Waals surface area contributed by atoms with Crippen LogP contribution in [-0.2, 0) is 4.79 Å². The van der Waals surface area contributed by atoms with Crippen molar-refractivity contribution < 1.29 is 9.90 Å². The normalized spacial score (nSPS) is 9.38. The Balaban J connectivity index is 3.20. The van der Waals surface area contributed by atoms with Crippen molar-refractivity contribution in [3.8, 4) is 0 Å². The molecule has 3 nitrogen and oxygen atoms in total. The number of carboxylic acids is 1. The number of hydrogen-bond acceptors (Lipinski definition) is 2. The topological polar surface area (TPSA) is 50.2 Å². The fourth-order valence-electron chi connectivity index (χ4n) is 1.14. The maximum atomic E-state index is 10.9. The Bertz CT molecular complexity index is 337. The lowest BCUT2D eigenvalue weighted by Gasteiger charge is -2.03. The van der Waals surface area contributed by atoms with Gasteiger partial charge in [0.05, 0.1) is 5.57 Å². The molecule has 1 heterocycles. The van der Waals surface area contributed by atoms with Crippen LogP contribution in [0.2, 0.25) is 0 Å². The number of nitrogens with zero attached hydrogens (tertiary/aromatic N) is 1. The molecule has 0 unspecified atom stereocenters. The number of hydrogen-bond donors (Lipinski definition) is 1. The summed E-state index contributed by atoms with van der Waals surface area (Å²) in [5, 5.41) is 8.91. The zero-order chi connectivity index (χ0) is 9.84. The Labute approximate surface area is 76.7 Å². The number of aliphatic carboxylic acids is 1. The van der Waals surface area contributed by atoms with Crippen molar-refractivity contribution in [2.24, 2.45) is 0 Å². The van der Waals surface area contributed by atoms with Crippen molar-refractivity contribution in [3.63, 3.8) is 0 Å². The van der Waals surface area contributed by atoms with Crippen LogP contribution in [0.5, 0.6) is 0 Å². The van der Waals surface area contributed by atoms with E-state index in [-0.39, 0.29) is 0 Å². The summed E-state index contributed by atoms with van der Waals surface area (Å²) in [7, 11) is 0. The zero-order valence-corrected chi connectivity index (χ0v) is 7.61. The van der Waals surface area contributed by atoms with Gasteiger partial charge in [-0.1, -0.05) is 11.6 Å². The summed E-state index contributed by atoms with van der Waals surface area (Å²) in [6.07, 6.45) is 3.17. The minimum Gasteiger partial charge on any atom is -0.478 e. The van der Waals surface area contributed by atoms with Crippen molar-refractivity contribution in [1.29, 1.82) is 0 Å². The lowest BCUT2D eigenvalue weighted by molar-refractivity contribution is -0.130. The van der Waals surface area contributed by atoms with Gasteiger partial charge in [-0.3, -0.25) is 4.98 Å². The highest BCUT2D eigenvalue weighted by atomic mass is 16.4. The van der Waals surface area contributed by atoms with Crippen LogP contribution < -0.4 is 0 Å². The van der Waals surface area contributed by atoms with Gasteiger partial charge in [0.15, 0.2) is 0 Å². The maximum Gasteiger partial charge on any atom is 0.336 e. The molecule has 1 aromatic rings. The largest absolute Gasteiger partial charge is 0.478 e. The van der Waals surface area contributed by atoms with Crippen LogP contribution in [0.1, 0.15) is 19.4 Å². The van der Waals surface area contributed by atoms with E-state index in [0.29, 0.717) is 11.1 Å². The molecule has 0 atom stereocenters. The lowest BCUT2D eigenvalue weighted by atomic mass is 10.0. The molecule has 0 radical (unpaired) electrons. The van der Waals surface area contributed by atoms with Gasteiger partial charge < -0.3 is 5.11 Å². The van der Waals surface area contributed by atoms with Crippen LogP contribution in [-0.4, -0.2) is 16.1 Å². The van der Waals surface area contributed by atoms with Crippen LogP contribution in [0.3, 0.4) is 0 Å². The Morgan fingerprint density at radius 2 is 2.15 bits per heavy atom. The van der Waals surface area contributed by atoms with Crippen LogP contribution >= 0.6 is 0 Å². The fourth-order valence-corrected chi connectivity index (χ4v) is 1.14. The summed E-state index contributed by atoms with van der Waals surface area (Å²) >= 11 is 0. The third-order valence-electron chi connectivity index (χ3n) is 1.66. The van der Waals surface area contributed by atoms with E-state index in [4.69, 9.17) is 5.11 Å². The van der Waals surface area contributed by atoms with E-state index in [1.807, 2.05) is 0 Å². The first-order chi connectivity index (χ1) is 6.13. The molecule has 1 N–H and O–H groups in total. The monoisotopic (exact) mass is 177 g/mol. The van der Waals surface area contributed by atoms with Gasteiger partial charge in [-0.2, -0.15) is 0 Å². The van der Waals surface area contributed by atoms with Crippen molar-refractivity contribution in [3.05, 3.63) is 35.7 Å². The lowest BCUT2D eigenvalue weighted by Crippen LogP contribution is -2.01. The van der Waals surface area contributed by atoms with E-state index in [9.17, 15) is 4.79 Å². The molecule has 0 aromatic carbocycles. The van der Waals surface area contributed by atoms with Crippen LogP contribution in [0, 0.1) is 0 Å². The van der Waals surface area contributed by atoms with E-state index in [1.165, 1.54) is 0 Å². The molecule has 68 valence electrons. The van der Waals surface area contributed by atoms with Crippen LogP contribution in [0.15, 0.2) is 30.1 Å². The van der Waals surface area contributed by atoms with Gasteiger partial charge in [0.25, 0.3) is 0 Å². The Hall–Kier alpha value is -1.64. The molecule has 0 aliphatic heterocycles.